The maximum atomic E-state index is 12.6. The summed E-state index contributed by atoms with van der Waals surface area (Å²) >= 11 is 2.06. The number of nitrogens with one attached hydrogen (secondary N) is 2. The largest absolute Gasteiger partial charge is 0.493 e. The summed E-state index contributed by atoms with van der Waals surface area (Å²) in [5.41, 5.74) is 3.90. The van der Waals surface area contributed by atoms with Crippen molar-refractivity contribution in [2.24, 2.45) is 0 Å². The monoisotopic (exact) mass is 581 g/mol. The van der Waals surface area contributed by atoms with E-state index < -0.39 is 5.91 Å². The van der Waals surface area contributed by atoms with Gasteiger partial charge >= 0.3 is 0 Å². The predicted octanol–water partition coefficient (Wildman–Crippen LogP) is 5.48. The molecule has 0 spiro atoms. The zero-order valence-corrected chi connectivity index (χ0v) is 21.7. The van der Waals surface area contributed by atoms with E-state index in [0.717, 1.165) is 11.1 Å². The van der Waals surface area contributed by atoms with Crippen molar-refractivity contribution in [1.29, 1.82) is 5.26 Å². The fourth-order valence-corrected chi connectivity index (χ4v) is 3.95. The molecule has 0 aromatic heterocycles. The normalized spacial score (nSPS) is 10.8. The van der Waals surface area contributed by atoms with Crippen molar-refractivity contribution in [3.63, 3.8) is 0 Å². The Morgan fingerprint density at radius 2 is 1.74 bits per heavy atom. The van der Waals surface area contributed by atoms with Gasteiger partial charge in [0.2, 0.25) is 0 Å². The van der Waals surface area contributed by atoms with Gasteiger partial charge in [0.15, 0.2) is 18.1 Å². The van der Waals surface area contributed by atoms with E-state index in [-0.39, 0.29) is 18.1 Å². The van der Waals surface area contributed by atoms with Crippen molar-refractivity contribution in [3.05, 3.63) is 86.5 Å². The second-order valence-electron chi connectivity index (χ2n) is 7.73. The van der Waals surface area contributed by atoms with Gasteiger partial charge in [-0.2, -0.15) is 5.26 Å². The number of halogens is 1. The Morgan fingerprint density at radius 1 is 1.00 bits per heavy atom. The molecule has 0 aliphatic rings. The van der Waals surface area contributed by atoms with E-state index in [1.807, 2.05) is 62.4 Å². The SMILES string of the molecule is COc1cc(/C=C(\C#N)C(=O)Nc2cccc(C)c2)cc(I)c1OCC(=O)Nc1ccc(C)cc1. The molecule has 3 aromatic rings. The second kappa shape index (κ2) is 12.0. The molecular weight excluding hydrogens is 557 g/mol. The number of hydrogen-bond donors (Lipinski definition) is 2. The summed E-state index contributed by atoms with van der Waals surface area (Å²) in [5.74, 6) is -0.0508. The molecule has 35 heavy (non-hydrogen) atoms. The van der Waals surface area contributed by atoms with E-state index in [1.165, 1.54) is 13.2 Å². The van der Waals surface area contributed by atoms with Crippen LogP contribution in [0.1, 0.15) is 16.7 Å². The molecule has 0 aliphatic carbocycles. The van der Waals surface area contributed by atoms with E-state index in [2.05, 4.69) is 33.2 Å². The van der Waals surface area contributed by atoms with E-state index in [1.54, 1.807) is 18.2 Å². The molecule has 0 bridgehead atoms. The van der Waals surface area contributed by atoms with Gasteiger partial charge in [0, 0.05) is 11.4 Å². The van der Waals surface area contributed by atoms with Crippen LogP contribution in [0.2, 0.25) is 0 Å². The van der Waals surface area contributed by atoms with Crippen LogP contribution in [0.3, 0.4) is 0 Å². The number of anilines is 2. The number of amides is 2. The molecule has 7 nitrogen and oxygen atoms in total. The van der Waals surface area contributed by atoms with Crippen molar-refractivity contribution in [1.82, 2.24) is 0 Å². The van der Waals surface area contributed by atoms with Gasteiger partial charge in [-0.3, -0.25) is 9.59 Å². The molecule has 3 aromatic carbocycles. The molecule has 0 heterocycles. The van der Waals surface area contributed by atoms with Crippen LogP contribution >= 0.6 is 22.6 Å². The molecule has 0 saturated heterocycles. The molecular formula is C27H24IN3O4. The van der Waals surface area contributed by atoms with E-state index in [9.17, 15) is 14.9 Å². The Morgan fingerprint density at radius 3 is 2.40 bits per heavy atom. The smallest absolute Gasteiger partial charge is 0.266 e. The van der Waals surface area contributed by atoms with Gasteiger partial charge in [0.1, 0.15) is 11.6 Å². The van der Waals surface area contributed by atoms with Crippen LogP contribution in [0, 0.1) is 28.7 Å². The fraction of sp³-hybridized carbons (Fsp3) is 0.148. The second-order valence-corrected chi connectivity index (χ2v) is 8.89. The zero-order chi connectivity index (χ0) is 25.4. The third-order valence-corrected chi connectivity index (χ3v) is 5.69. The van der Waals surface area contributed by atoms with Crippen molar-refractivity contribution in [2.75, 3.05) is 24.4 Å². The molecule has 0 atom stereocenters. The van der Waals surface area contributed by atoms with Crippen LogP contribution in [0.4, 0.5) is 11.4 Å². The first-order chi connectivity index (χ1) is 16.8. The summed E-state index contributed by atoms with van der Waals surface area (Å²) in [6.45, 7) is 3.68. The summed E-state index contributed by atoms with van der Waals surface area (Å²) in [6, 6.07) is 20.1. The first-order valence-corrected chi connectivity index (χ1v) is 11.7. The van der Waals surface area contributed by atoms with Crippen molar-refractivity contribution in [2.45, 2.75) is 13.8 Å². The third kappa shape index (κ3) is 7.32. The summed E-state index contributed by atoms with van der Waals surface area (Å²) in [5, 5.41) is 15.1. The summed E-state index contributed by atoms with van der Waals surface area (Å²) in [6.07, 6.45) is 1.48. The zero-order valence-electron chi connectivity index (χ0n) is 19.5. The Balaban J connectivity index is 1.73. The molecule has 2 N–H and O–H groups in total. The number of carbonyl (C=O) groups excluding carboxylic acids is 2. The Bertz CT molecular complexity index is 1310. The fourth-order valence-electron chi connectivity index (χ4n) is 3.17. The number of rotatable bonds is 8. The highest BCUT2D eigenvalue weighted by Gasteiger charge is 2.15. The highest BCUT2D eigenvalue weighted by molar-refractivity contribution is 14.1. The molecule has 0 radical (unpaired) electrons. The number of carbonyl (C=O) groups is 2. The van der Waals surface area contributed by atoms with Crippen molar-refractivity contribution >= 4 is 51.9 Å². The van der Waals surface area contributed by atoms with Crippen LogP contribution in [0.5, 0.6) is 11.5 Å². The summed E-state index contributed by atoms with van der Waals surface area (Å²) in [4.78, 5) is 24.9. The third-order valence-electron chi connectivity index (χ3n) is 4.89. The first-order valence-electron chi connectivity index (χ1n) is 10.7. The topological polar surface area (TPSA) is 100 Å². The Hall–Kier alpha value is -3.84. The van der Waals surface area contributed by atoms with Crippen molar-refractivity contribution < 1.29 is 19.1 Å². The van der Waals surface area contributed by atoms with Gasteiger partial charge in [-0.05, 0) is 90.0 Å². The van der Waals surface area contributed by atoms with E-state index in [0.29, 0.717) is 32.0 Å². The minimum atomic E-state index is -0.514. The lowest BCUT2D eigenvalue weighted by Crippen LogP contribution is -2.20. The van der Waals surface area contributed by atoms with Gasteiger partial charge in [0.05, 0.1) is 10.7 Å². The Kier molecular flexibility index (Phi) is 8.86. The van der Waals surface area contributed by atoms with Crippen molar-refractivity contribution in [3.8, 4) is 17.6 Å². The average molecular weight is 581 g/mol. The standard InChI is InChI=1S/C27H24IN3O4/c1-17-7-9-21(10-8-17)30-25(32)16-35-26-23(28)13-19(14-24(26)34-3)12-20(15-29)27(33)31-22-6-4-5-18(2)11-22/h4-14H,16H2,1-3H3,(H,30,32)(H,31,33)/b20-12+. The maximum Gasteiger partial charge on any atom is 0.266 e. The number of benzene rings is 3. The lowest BCUT2D eigenvalue weighted by Gasteiger charge is -2.14. The van der Waals surface area contributed by atoms with Crippen LogP contribution in [-0.4, -0.2) is 25.5 Å². The molecule has 8 heteroatoms. The quantitative estimate of drug-likeness (QED) is 0.209. The van der Waals surface area contributed by atoms with Gasteiger partial charge in [-0.15, -0.1) is 0 Å². The first kappa shape index (κ1) is 25.8. The predicted molar refractivity (Wildman–Crippen MR) is 144 cm³/mol. The molecule has 0 unspecified atom stereocenters. The van der Waals surface area contributed by atoms with Gasteiger partial charge in [-0.25, -0.2) is 0 Å². The minimum absolute atomic E-state index is 0.0597. The van der Waals surface area contributed by atoms with Gasteiger partial charge in [-0.1, -0.05) is 29.8 Å². The number of ether oxygens (including phenoxy) is 2. The lowest BCUT2D eigenvalue weighted by atomic mass is 10.1. The molecule has 178 valence electrons. The highest BCUT2D eigenvalue weighted by atomic mass is 127. The number of methoxy groups -OCH3 is 1. The average Bonchev–Trinajstić information content (AvgIpc) is 2.82. The van der Waals surface area contributed by atoms with Crippen LogP contribution in [0.15, 0.2) is 66.2 Å². The van der Waals surface area contributed by atoms with Crippen LogP contribution < -0.4 is 20.1 Å². The molecule has 2 amide bonds. The molecule has 0 fully saturated rings. The van der Waals surface area contributed by atoms with E-state index >= 15 is 0 Å². The maximum absolute atomic E-state index is 12.6. The van der Waals surface area contributed by atoms with Gasteiger partial charge < -0.3 is 20.1 Å². The lowest BCUT2D eigenvalue weighted by molar-refractivity contribution is -0.118. The number of hydrogen-bond acceptors (Lipinski definition) is 5. The number of aryl methyl sites for hydroxylation is 2. The minimum Gasteiger partial charge on any atom is -0.493 e. The van der Waals surface area contributed by atoms with Crippen LogP contribution in [-0.2, 0) is 9.59 Å². The molecule has 0 aliphatic heterocycles. The highest BCUT2D eigenvalue weighted by Crippen LogP contribution is 2.34. The number of nitrogens with zero attached hydrogens (tertiary/aromatic N) is 1. The van der Waals surface area contributed by atoms with Crippen LogP contribution in [0.25, 0.3) is 6.08 Å². The molecule has 0 saturated carbocycles. The van der Waals surface area contributed by atoms with Gasteiger partial charge in [0.25, 0.3) is 11.8 Å². The summed E-state index contributed by atoms with van der Waals surface area (Å²) in [7, 11) is 1.48. The number of nitriles is 1. The Labute approximate surface area is 217 Å². The summed E-state index contributed by atoms with van der Waals surface area (Å²) < 4.78 is 11.8. The molecule has 3 rings (SSSR count). The van der Waals surface area contributed by atoms with E-state index in [4.69, 9.17) is 9.47 Å².